The van der Waals surface area contributed by atoms with Crippen LogP contribution < -0.4 is 20.3 Å². The molecule has 8 nitrogen and oxygen atoms in total. The van der Waals surface area contributed by atoms with Crippen LogP contribution in [-0.4, -0.2) is 26.8 Å². The molecular weight excluding hydrogens is 406 g/mol. The number of allylic oxidation sites excluding steroid dienone is 3. The first-order valence-corrected chi connectivity index (χ1v) is 10.6. The van der Waals surface area contributed by atoms with Gasteiger partial charge in [-0.2, -0.15) is 0 Å². The lowest BCUT2D eigenvalue weighted by atomic mass is 10.2. The van der Waals surface area contributed by atoms with Crippen molar-refractivity contribution in [3.05, 3.63) is 78.4 Å². The zero-order valence-electron chi connectivity index (χ0n) is 16.6. The van der Waals surface area contributed by atoms with E-state index in [4.69, 9.17) is 4.74 Å². The summed E-state index contributed by atoms with van der Waals surface area (Å²) in [5.74, 6) is -0.443. The fraction of sp³-hybridized carbons (Fsp3) is 0.143. The first kappa shape index (κ1) is 22.7. The second-order valence-electron chi connectivity index (χ2n) is 5.92. The Morgan fingerprint density at radius 3 is 2.23 bits per heavy atom. The number of anilines is 1. The van der Waals surface area contributed by atoms with Crippen LogP contribution in [0.15, 0.2) is 77.7 Å². The Morgan fingerprint density at radius 2 is 1.63 bits per heavy atom. The maximum atomic E-state index is 12.5. The standard InChI is InChI=1S/C21H23N3O5S/c1-3-5-6-7-20(25)22-23-21(26)16-8-10-17(11-9-16)24-30(27,28)19-14-12-18(13-15-19)29-4-2/h3,5-15,24H,4H2,1-2H3,(H,22,25)(H,23,26)/b5-3+,7-6+. The topological polar surface area (TPSA) is 114 Å². The van der Waals surface area contributed by atoms with Crippen LogP contribution >= 0.6 is 0 Å². The van der Waals surface area contributed by atoms with Gasteiger partial charge in [-0.1, -0.05) is 18.2 Å². The molecule has 0 bridgehead atoms. The van der Waals surface area contributed by atoms with Gasteiger partial charge in [-0.15, -0.1) is 0 Å². The van der Waals surface area contributed by atoms with Crippen molar-refractivity contribution in [3.8, 4) is 5.75 Å². The van der Waals surface area contributed by atoms with Gasteiger partial charge in [0.15, 0.2) is 0 Å². The number of rotatable bonds is 8. The number of carbonyl (C=O) groups is 2. The lowest BCUT2D eigenvalue weighted by molar-refractivity contribution is -0.117. The smallest absolute Gasteiger partial charge is 0.269 e. The van der Waals surface area contributed by atoms with Crippen LogP contribution in [0.1, 0.15) is 24.2 Å². The minimum absolute atomic E-state index is 0.0847. The molecule has 2 rings (SSSR count). The van der Waals surface area contributed by atoms with Crippen molar-refractivity contribution in [2.24, 2.45) is 0 Å². The molecule has 2 amide bonds. The molecule has 9 heteroatoms. The van der Waals surface area contributed by atoms with Crippen molar-refractivity contribution < 1.29 is 22.7 Å². The maximum Gasteiger partial charge on any atom is 0.269 e. The first-order chi connectivity index (χ1) is 14.4. The summed E-state index contributed by atoms with van der Waals surface area (Å²) >= 11 is 0. The van der Waals surface area contributed by atoms with Crippen LogP contribution in [0.25, 0.3) is 0 Å². The number of amides is 2. The molecular formula is C21H23N3O5S. The molecule has 0 aliphatic heterocycles. The largest absolute Gasteiger partial charge is 0.494 e. The highest BCUT2D eigenvalue weighted by Gasteiger charge is 2.15. The Hall–Kier alpha value is -3.59. The molecule has 2 aromatic rings. The highest BCUT2D eigenvalue weighted by Crippen LogP contribution is 2.19. The molecule has 0 fully saturated rings. The molecule has 0 spiro atoms. The summed E-state index contributed by atoms with van der Waals surface area (Å²) in [6.07, 6.45) is 6.23. The summed E-state index contributed by atoms with van der Waals surface area (Å²) in [5.41, 5.74) is 5.05. The Labute approximate surface area is 175 Å². The molecule has 0 atom stereocenters. The number of carbonyl (C=O) groups excluding carboxylic acids is 2. The number of ether oxygens (including phenoxy) is 1. The lowest BCUT2D eigenvalue weighted by Gasteiger charge is -2.10. The molecule has 0 aliphatic carbocycles. The zero-order valence-corrected chi connectivity index (χ0v) is 17.4. The predicted molar refractivity (Wildman–Crippen MR) is 114 cm³/mol. The summed E-state index contributed by atoms with van der Waals surface area (Å²) in [6, 6.07) is 11.8. The van der Waals surface area contributed by atoms with E-state index in [1.807, 2.05) is 13.8 Å². The van der Waals surface area contributed by atoms with E-state index < -0.39 is 21.8 Å². The second-order valence-corrected chi connectivity index (χ2v) is 7.60. The fourth-order valence-corrected chi connectivity index (χ4v) is 3.33. The van der Waals surface area contributed by atoms with Gasteiger partial charge in [0.2, 0.25) is 0 Å². The molecule has 158 valence electrons. The highest BCUT2D eigenvalue weighted by atomic mass is 32.2. The van der Waals surface area contributed by atoms with E-state index in [0.29, 0.717) is 18.0 Å². The third-order valence-electron chi connectivity index (χ3n) is 3.69. The predicted octanol–water partition coefficient (Wildman–Crippen LogP) is 2.78. The molecule has 0 unspecified atom stereocenters. The summed E-state index contributed by atoms with van der Waals surface area (Å²) in [7, 11) is -3.79. The summed E-state index contributed by atoms with van der Waals surface area (Å²) in [5, 5.41) is 0. The Kier molecular flexibility index (Phi) is 8.18. The van der Waals surface area contributed by atoms with Crippen molar-refractivity contribution >= 4 is 27.5 Å². The fourth-order valence-electron chi connectivity index (χ4n) is 2.27. The second kappa shape index (κ2) is 10.8. The van der Waals surface area contributed by atoms with Gasteiger partial charge in [0.05, 0.1) is 11.5 Å². The van der Waals surface area contributed by atoms with Crippen LogP contribution in [0.2, 0.25) is 0 Å². The average molecular weight is 429 g/mol. The van der Waals surface area contributed by atoms with Crippen molar-refractivity contribution in [2.75, 3.05) is 11.3 Å². The van der Waals surface area contributed by atoms with E-state index in [1.165, 1.54) is 48.6 Å². The van der Waals surface area contributed by atoms with E-state index in [2.05, 4.69) is 15.6 Å². The van der Waals surface area contributed by atoms with Crippen molar-refractivity contribution in [1.82, 2.24) is 10.9 Å². The summed E-state index contributed by atoms with van der Waals surface area (Å²) < 4.78 is 32.7. The van der Waals surface area contributed by atoms with Crippen LogP contribution in [0.3, 0.4) is 0 Å². The van der Waals surface area contributed by atoms with Gasteiger partial charge in [-0.3, -0.25) is 25.2 Å². The molecule has 0 radical (unpaired) electrons. The Morgan fingerprint density at radius 1 is 0.967 bits per heavy atom. The Balaban J connectivity index is 1.97. The number of benzene rings is 2. The molecule has 0 heterocycles. The van der Waals surface area contributed by atoms with E-state index in [0.717, 1.165) is 0 Å². The van der Waals surface area contributed by atoms with E-state index >= 15 is 0 Å². The van der Waals surface area contributed by atoms with Crippen LogP contribution in [0, 0.1) is 0 Å². The van der Waals surface area contributed by atoms with Gasteiger partial charge in [-0.05, 0) is 62.4 Å². The van der Waals surface area contributed by atoms with Crippen LogP contribution in [-0.2, 0) is 14.8 Å². The molecule has 30 heavy (non-hydrogen) atoms. The minimum atomic E-state index is -3.79. The molecule has 0 saturated carbocycles. The maximum absolute atomic E-state index is 12.5. The zero-order chi connectivity index (χ0) is 22.0. The van der Waals surface area contributed by atoms with Crippen molar-refractivity contribution in [3.63, 3.8) is 0 Å². The number of hydrogen-bond donors (Lipinski definition) is 3. The van der Waals surface area contributed by atoms with Crippen molar-refractivity contribution in [2.45, 2.75) is 18.7 Å². The molecule has 0 saturated heterocycles. The summed E-state index contributed by atoms with van der Waals surface area (Å²) in [6.45, 7) is 4.14. The molecule has 2 aromatic carbocycles. The van der Waals surface area contributed by atoms with Gasteiger partial charge in [-0.25, -0.2) is 8.42 Å². The molecule has 3 N–H and O–H groups in total. The summed E-state index contributed by atoms with van der Waals surface area (Å²) in [4.78, 5) is 23.7. The quantitative estimate of drug-likeness (QED) is 0.339. The van der Waals surface area contributed by atoms with Gasteiger partial charge in [0.1, 0.15) is 5.75 Å². The van der Waals surface area contributed by atoms with Crippen molar-refractivity contribution in [1.29, 1.82) is 0 Å². The number of hydrazine groups is 1. The van der Waals surface area contributed by atoms with E-state index in [1.54, 1.807) is 24.3 Å². The Bertz CT molecular complexity index is 1030. The van der Waals surface area contributed by atoms with E-state index in [9.17, 15) is 18.0 Å². The average Bonchev–Trinajstić information content (AvgIpc) is 2.73. The first-order valence-electron chi connectivity index (χ1n) is 9.11. The van der Waals surface area contributed by atoms with Gasteiger partial charge < -0.3 is 4.74 Å². The number of sulfonamides is 1. The van der Waals surface area contributed by atoms with Crippen LogP contribution in [0.4, 0.5) is 5.69 Å². The third-order valence-corrected chi connectivity index (χ3v) is 5.09. The monoisotopic (exact) mass is 429 g/mol. The SMILES string of the molecule is C/C=C/C=C/C(=O)NNC(=O)c1ccc(NS(=O)(=O)c2ccc(OCC)cc2)cc1. The highest BCUT2D eigenvalue weighted by molar-refractivity contribution is 7.92. The normalized spacial score (nSPS) is 11.4. The van der Waals surface area contributed by atoms with E-state index in [-0.39, 0.29) is 10.5 Å². The van der Waals surface area contributed by atoms with Crippen LogP contribution in [0.5, 0.6) is 5.75 Å². The lowest BCUT2D eigenvalue weighted by Crippen LogP contribution is -2.40. The van der Waals surface area contributed by atoms with Gasteiger partial charge >= 0.3 is 0 Å². The van der Waals surface area contributed by atoms with Gasteiger partial charge in [0.25, 0.3) is 21.8 Å². The minimum Gasteiger partial charge on any atom is -0.494 e. The molecule has 0 aromatic heterocycles. The number of nitrogens with one attached hydrogen (secondary N) is 3. The third kappa shape index (κ3) is 6.78. The number of hydrogen-bond acceptors (Lipinski definition) is 5. The van der Waals surface area contributed by atoms with Gasteiger partial charge in [0, 0.05) is 17.3 Å². The molecule has 0 aliphatic rings.